The van der Waals surface area contributed by atoms with Crippen molar-refractivity contribution in [2.75, 3.05) is 0 Å². The molecule has 0 amide bonds. The number of aromatic nitrogens is 1. The summed E-state index contributed by atoms with van der Waals surface area (Å²) in [6.45, 7) is 0. The van der Waals surface area contributed by atoms with E-state index in [-0.39, 0.29) is 0 Å². The van der Waals surface area contributed by atoms with E-state index >= 15 is 0 Å². The van der Waals surface area contributed by atoms with Gasteiger partial charge < -0.3 is 5.32 Å². The number of nitrogens with zero attached hydrogens (tertiary/aromatic N) is 3. The molecule has 1 atom stereocenters. The van der Waals surface area contributed by atoms with Gasteiger partial charge in [0.2, 0.25) is 0 Å². The van der Waals surface area contributed by atoms with Gasteiger partial charge in [-0.15, -0.1) is 0 Å². The van der Waals surface area contributed by atoms with Gasteiger partial charge in [0.1, 0.15) is 11.7 Å². The molecular weight excluding hydrogens is 681 g/mol. The molecule has 1 aliphatic heterocycles. The van der Waals surface area contributed by atoms with Gasteiger partial charge in [0.25, 0.3) is 0 Å². The first-order valence-electron chi connectivity index (χ1n) is 19.0. The molecule has 264 valence electrons. The third-order valence-electron chi connectivity index (χ3n) is 10.5. The van der Waals surface area contributed by atoms with Gasteiger partial charge in [0.15, 0.2) is 6.17 Å². The van der Waals surface area contributed by atoms with Crippen molar-refractivity contribution >= 4 is 33.3 Å². The van der Waals surface area contributed by atoms with E-state index in [9.17, 15) is 0 Å². The van der Waals surface area contributed by atoms with Crippen LogP contribution in [0.4, 0.5) is 0 Å². The maximum Gasteiger partial charge on any atom is 0.169 e. The van der Waals surface area contributed by atoms with Crippen LogP contribution < -0.4 is 5.32 Å². The van der Waals surface area contributed by atoms with Crippen LogP contribution in [-0.2, 0) is 0 Å². The van der Waals surface area contributed by atoms with Crippen molar-refractivity contribution in [2.45, 2.75) is 6.17 Å². The second kappa shape index (κ2) is 14.4. The fourth-order valence-corrected chi connectivity index (χ4v) is 7.75. The van der Waals surface area contributed by atoms with Crippen LogP contribution in [0.5, 0.6) is 0 Å². The van der Waals surface area contributed by atoms with E-state index in [0.29, 0.717) is 0 Å². The minimum atomic E-state index is -0.442. The molecule has 1 unspecified atom stereocenters. The highest BCUT2D eigenvalue weighted by molar-refractivity contribution is 6.18. The van der Waals surface area contributed by atoms with Crippen LogP contribution in [0.3, 0.4) is 0 Å². The molecule has 0 saturated heterocycles. The number of hydrogen-bond acceptors (Lipinski definition) is 4. The van der Waals surface area contributed by atoms with Crippen molar-refractivity contribution in [1.82, 2.24) is 10.3 Å². The fraction of sp³-hybridized carbons (Fsp3) is 0.0192. The monoisotopic (exact) mass is 716 g/mol. The summed E-state index contributed by atoms with van der Waals surface area (Å²) in [5, 5.41) is 7.02. The zero-order chi connectivity index (χ0) is 37.3. The van der Waals surface area contributed by atoms with Crippen molar-refractivity contribution in [3.63, 3.8) is 0 Å². The molecule has 0 radical (unpaired) electrons. The van der Waals surface area contributed by atoms with Crippen LogP contribution in [0.2, 0.25) is 0 Å². The first kappa shape index (κ1) is 33.2. The third-order valence-corrected chi connectivity index (χ3v) is 10.5. The molecule has 9 aromatic rings. The summed E-state index contributed by atoms with van der Waals surface area (Å²) < 4.78 is 0. The maximum absolute atomic E-state index is 5.29. The first-order valence-corrected chi connectivity index (χ1v) is 19.0. The Kier molecular flexibility index (Phi) is 8.54. The summed E-state index contributed by atoms with van der Waals surface area (Å²) in [7, 11) is 0. The normalized spacial score (nSPS) is 13.9. The van der Waals surface area contributed by atoms with Crippen LogP contribution >= 0.6 is 0 Å². The number of fused-ring (bicyclic) bond motifs is 3. The first-order chi connectivity index (χ1) is 27.7. The molecule has 0 spiro atoms. The minimum Gasteiger partial charge on any atom is -0.324 e. The molecule has 1 N–H and O–H groups in total. The van der Waals surface area contributed by atoms with E-state index < -0.39 is 6.17 Å². The SMILES string of the molecule is c1ccc(C2=NC(c3cccc(-c4ccc5nc(-c6ccccc6)c6cccc(-c7ccccc7)c6c5c4)c3)N=C(c3cccc(-c4ccccc4)c3)N2)cc1. The largest absolute Gasteiger partial charge is 0.324 e. The molecule has 0 aliphatic carbocycles. The van der Waals surface area contributed by atoms with E-state index in [0.717, 1.165) is 78.2 Å². The minimum absolute atomic E-state index is 0.442. The zero-order valence-corrected chi connectivity index (χ0v) is 30.5. The van der Waals surface area contributed by atoms with Gasteiger partial charge in [-0.05, 0) is 63.2 Å². The summed E-state index contributed by atoms with van der Waals surface area (Å²) in [6, 6.07) is 72.3. The Morgan fingerprint density at radius 3 is 1.61 bits per heavy atom. The van der Waals surface area contributed by atoms with Crippen molar-refractivity contribution in [1.29, 1.82) is 0 Å². The van der Waals surface area contributed by atoms with Crippen molar-refractivity contribution < 1.29 is 0 Å². The van der Waals surface area contributed by atoms with Crippen LogP contribution in [0.25, 0.3) is 66.3 Å². The Bertz CT molecular complexity index is 2920. The second-order valence-corrected chi connectivity index (χ2v) is 14.0. The lowest BCUT2D eigenvalue weighted by Crippen LogP contribution is -2.36. The van der Waals surface area contributed by atoms with Gasteiger partial charge in [-0.25, -0.2) is 15.0 Å². The lowest BCUT2D eigenvalue weighted by atomic mass is 9.91. The predicted octanol–water partition coefficient (Wildman–Crippen LogP) is 12.6. The number of nitrogens with one attached hydrogen (secondary N) is 1. The van der Waals surface area contributed by atoms with Gasteiger partial charge in [-0.3, -0.25) is 0 Å². The summed E-state index contributed by atoms with van der Waals surface area (Å²) in [5.74, 6) is 1.58. The van der Waals surface area contributed by atoms with E-state index in [4.69, 9.17) is 15.0 Å². The highest BCUT2D eigenvalue weighted by Gasteiger charge is 2.22. The maximum atomic E-state index is 5.29. The zero-order valence-electron chi connectivity index (χ0n) is 30.5. The van der Waals surface area contributed by atoms with E-state index in [1.54, 1.807) is 0 Å². The molecule has 4 nitrogen and oxygen atoms in total. The molecule has 56 heavy (non-hydrogen) atoms. The van der Waals surface area contributed by atoms with Crippen LogP contribution in [0, 0.1) is 0 Å². The van der Waals surface area contributed by atoms with Gasteiger partial charge in [-0.2, -0.15) is 0 Å². The number of benzene rings is 8. The molecule has 1 aromatic heterocycles. The lowest BCUT2D eigenvalue weighted by Gasteiger charge is -2.23. The molecule has 0 bridgehead atoms. The summed E-state index contributed by atoms with van der Waals surface area (Å²) >= 11 is 0. The Morgan fingerprint density at radius 2 is 0.893 bits per heavy atom. The number of amidine groups is 2. The summed E-state index contributed by atoms with van der Waals surface area (Å²) in [6.07, 6.45) is -0.442. The smallest absolute Gasteiger partial charge is 0.169 e. The van der Waals surface area contributed by atoms with Crippen molar-refractivity contribution in [3.05, 3.63) is 223 Å². The molecule has 10 rings (SSSR count). The Balaban J connectivity index is 1.10. The van der Waals surface area contributed by atoms with Crippen molar-refractivity contribution in [3.8, 4) is 44.6 Å². The summed E-state index contributed by atoms with van der Waals surface area (Å²) in [4.78, 5) is 15.7. The number of hydrogen-bond donors (Lipinski definition) is 1. The van der Waals surface area contributed by atoms with E-state index in [2.05, 4.69) is 187 Å². The topological polar surface area (TPSA) is 49.6 Å². The van der Waals surface area contributed by atoms with Gasteiger partial charge >= 0.3 is 0 Å². The standard InChI is InChI=1S/C52H36N4/c1-5-16-35(17-6-1)39-24-13-26-42(32-39)51-54-50(38-22-11-4-12-23-38)55-52(56-51)43-27-14-25-40(33-43)41-30-31-47-46(34-41)48-44(36-18-7-2-8-19-36)28-15-29-45(48)49(53-47)37-20-9-3-10-21-37/h1-34,52H,(H,54,55,56). The second-order valence-electron chi connectivity index (χ2n) is 14.0. The highest BCUT2D eigenvalue weighted by Crippen LogP contribution is 2.40. The predicted molar refractivity (Wildman–Crippen MR) is 233 cm³/mol. The molecule has 0 fully saturated rings. The molecule has 0 saturated carbocycles. The van der Waals surface area contributed by atoms with E-state index in [1.165, 1.54) is 16.5 Å². The summed E-state index contributed by atoms with van der Waals surface area (Å²) in [5.41, 5.74) is 13.0. The molecule has 4 heteroatoms. The third kappa shape index (κ3) is 6.33. The molecule has 1 aliphatic rings. The number of pyridine rings is 1. The fourth-order valence-electron chi connectivity index (χ4n) is 7.75. The van der Waals surface area contributed by atoms with Gasteiger partial charge in [-0.1, -0.05) is 182 Å². The Hall–Kier alpha value is -7.43. The number of rotatable bonds is 7. The number of aliphatic imine (C=N–C) groups is 2. The Labute approximate surface area is 326 Å². The Morgan fingerprint density at radius 1 is 0.357 bits per heavy atom. The van der Waals surface area contributed by atoms with Crippen LogP contribution in [0.15, 0.2) is 216 Å². The molecular formula is C52H36N4. The highest BCUT2D eigenvalue weighted by atomic mass is 15.2. The average Bonchev–Trinajstić information content (AvgIpc) is 3.29. The van der Waals surface area contributed by atoms with E-state index in [1.807, 2.05) is 24.3 Å². The lowest BCUT2D eigenvalue weighted by molar-refractivity contribution is 0.756. The van der Waals surface area contributed by atoms with Gasteiger partial charge in [0, 0.05) is 32.8 Å². The van der Waals surface area contributed by atoms with Crippen molar-refractivity contribution in [2.24, 2.45) is 9.98 Å². The quantitative estimate of drug-likeness (QED) is 0.167. The van der Waals surface area contributed by atoms with Crippen LogP contribution in [0.1, 0.15) is 22.9 Å². The van der Waals surface area contributed by atoms with Crippen LogP contribution in [-0.4, -0.2) is 16.7 Å². The molecule has 2 heterocycles. The van der Waals surface area contributed by atoms with Gasteiger partial charge in [0.05, 0.1) is 11.2 Å². The molecule has 8 aromatic carbocycles. The average molecular weight is 717 g/mol.